The maximum atomic E-state index is 3.96. The summed E-state index contributed by atoms with van der Waals surface area (Å²) in [5.74, 6) is 1.42. The zero-order chi connectivity index (χ0) is 14.0. The second-order valence-corrected chi connectivity index (χ2v) is 5.75. The number of hydrogen-bond acceptors (Lipinski definition) is 0. The predicted octanol–water partition coefficient (Wildman–Crippen LogP) is 5.20. The fourth-order valence-corrected chi connectivity index (χ4v) is 4.13. The van der Waals surface area contributed by atoms with Gasteiger partial charge in [-0.2, -0.15) is 0 Å². The minimum atomic E-state index is 0.200. The van der Waals surface area contributed by atoms with E-state index < -0.39 is 0 Å². The second-order valence-electron chi connectivity index (χ2n) is 5.75. The Labute approximate surface area is 122 Å². The molecule has 1 aliphatic carbocycles. The Morgan fingerprint density at radius 3 is 1.80 bits per heavy atom. The van der Waals surface area contributed by atoms with Crippen molar-refractivity contribution in [1.29, 1.82) is 0 Å². The van der Waals surface area contributed by atoms with Crippen LogP contribution >= 0.6 is 0 Å². The lowest BCUT2D eigenvalue weighted by Gasteiger charge is -2.20. The van der Waals surface area contributed by atoms with E-state index in [1.807, 2.05) is 0 Å². The minimum absolute atomic E-state index is 0.200. The summed E-state index contributed by atoms with van der Waals surface area (Å²) in [6.07, 6.45) is 4.41. The summed E-state index contributed by atoms with van der Waals surface area (Å²) in [4.78, 5) is 0. The molecular formula is C20H22. The molecule has 2 aromatic carbocycles. The highest BCUT2D eigenvalue weighted by molar-refractivity contribution is 5.49. The fraction of sp³-hybridized carbons (Fsp3) is 0.300. The van der Waals surface area contributed by atoms with E-state index in [2.05, 4.69) is 80.2 Å². The van der Waals surface area contributed by atoms with Crippen LogP contribution in [0.1, 0.15) is 30.9 Å². The first-order chi connectivity index (χ1) is 9.85. The molecule has 0 nitrogen and oxygen atoms in total. The Morgan fingerprint density at radius 2 is 1.40 bits per heavy atom. The number of rotatable bonds is 5. The van der Waals surface area contributed by atoms with Crippen LogP contribution in [-0.2, 0) is 5.41 Å². The van der Waals surface area contributed by atoms with Crippen molar-refractivity contribution in [2.75, 3.05) is 0 Å². The van der Waals surface area contributed by atoms with Gasteiger partial charge in [-0.05, 0) is 29.4 Å². The Morgan fingerprint density at radius 1 is 0.900 bits per heavy atom. The van der Waals surface area contributed by atoms with Crippen LogP contribution in [0.25, 0.3) is 0 Å². The molecule has 0 radical (unpaired) electrons. The summed E-state index contributed by atoms with van der Waals surface area (Å²) in [6, 6.07) is 22.0. The van der Waals surface area contributed by atoms with Gasteiger partial charge in [0.25, 0.3) is 0 Å². The highest BCUT2D eigenvalue weighted by Gasteiger charge is 2.63. The maximum Gasteiger partial charge on any atom is 0.0268 e. The van der Waals surface area contributed by atoms with E-state index in [0.717, 1.165) is 12.3 Å². The number of hydrogen-bond donors (Lipinski definition) is 0. The van der Waals surface area contributed by atoms with Gasteiger partial charge in [-0.1, -0.05) is 80.1 Å². The maximum absolute atomic E-state index is 3.96. The van der Waals surface area contributed by atoms with E-state index in [9.17, 15) is 0 Å². The van der Waals surface area contributed by atoms with Crippen LogP contribution in [0, 0.1) is 11.8 Å². The van der Waals surface area contributed by atoms with Crippen LogP contribution in [-0.4, -0.2) is 0 Å². The lowest BCUT2D eigenvalue weighted by Crippen LogP contribution is -2.14. The predicted molar refractivity (Wildman–Crippen MR) is 85.7 cm³/mol. The largest absolute Gasteiger partial charge is 0.103 e. The lowest BCUT2D eigenvalue weighted by atomic mass is 9.83. The Bertz CT molecular complexity index is 528. The molecule has 1 fully saturated rings. The average Bonchev–Trinajstić information content (AvgIpc) is 3.18. The Hall–Kier alpha value is -1.82. The summed E-state index contributed by atoms with van der Waals surface area (Å²) in [5.41, 5.74) is 3.13. The van der Waals surface area contributed by atoms with Crippen LogP contribution < -0.4 is 0 Å². The van der Waals surface area contributed by atoms with Gasteiger partial charge in [-0.25, -0.2) is 0 Å². The minimum Gasteiger partial charge on any atom is -0.103 e. The van der Waals surface area contributed by atoms with Gasteiger partial charge in [-0.15, -0.1) is 6.58 Å². The molecule has 0 heteroatoms. The van der Waals surface area contributed by atoms with Gasteiger partial charge in [0.2, 0.25) is 0 Å². The van der Waals surface area contributed by atoms with Gasteiger partial charge in [0.1, 0.15) is 0 Å². The molecule has 0 N–H and O–H groups in total. The quantitative estimate of drug-likeness (QED) is 0.649. The van der Waals surface area contributed by atoms with Gasteiger partial charge in [0.05, 0.1) is 0 Å². The van der Waals surface area contributed by atoms with Gasteiger partial charge >= 0.3 is 0 Å². The van der Waals surface area contributed by atoms with Crippen molar-refractivity contribution >= 4 is 0 Å². The zero-order valence-electron chi connectivity index (χ0n) is 12.1. The van der Waals surface area contributed by atoms with Gasteiger partial charge in [0, 0.05) is 5.41 Å². The van der Waals surface area contributed by atoms with Gasteiger partial charge in [-0.3, -0.25) is 0 Å². The molecular weight excluding hydrogens is 240 g/mol. The van der Waals surface area contributed by atoms with Crippen molar-refractivity contribution in [1.82, 2.24) is 0 Å². The van der Waals surface area contributed by atoms with E-state index in [-0.39, 0.29) is 5.41 Å². The molecule has 0 bridgehead atoms. The molecule has 1 aliphatic rings. The van der Waals surface area contributed by atoms with Crippen molar-refractivity contribution < 1.29 is 0 Å². The monoisotopic (exact) mass is 262 g/mol. The van der Waals surface area contributed by atoms with E-state index >= 15 is 0 Å². The van der Waals surface area contributed by atoms with Crippen molar-refractivity contribution in [3.05, 3.63) is 84.4 Å². The molecule has 0 saturated heterocycles. The van der Waals surface area contributed by atoms with Crippen LogP contribution in [0.3, 0.4) is 0 Å². The summed E-state index contributed by atoms with van der Waals surface area (Å²) >= 11 is 0. The van der Waals surface area contributed by atoms with E-state index in [1.54, 1.807) is 0 Å². The normalized spacial score (nSPS) is 23.2. The summed E-state index contributed by atoms with van der Waals surface area (Å²) in [7, 11) is 0. The molecule has 1 saturated carbocycles. The molecule has 0 aliphatic heterocycles. The summed E-state index contributed by atoms with van der Waals surface area (Å²) < 4.78 is 0. The van der Waals surface area contributed by atoms with E-state index in [4.69, 9.17) is 0 Å². The third kappa shape index (κ3) is 1.83. The number of allylic oxidation sites excluding steroid dienone is 1. The molecule has 0 aromatic heterocycles. The highest BCUT2D eigenvalue weighted by atomic mass is 14.7. The third-order valence-electron chi connectivity index (χ3n) is 4.91. The first-order valence-corrected chi connectivity index (χ1v) is 7.57. The number of benzene rings is 2. The highest BCUT2D eigenvalue weighted by Crippen LogP contribution is 2.66. The summed E-state index contributed by atoms with van der Waals surface area (Å²) in [6.45, 7) is 6.28. The molecule has 0 unspecified atom stereocenters. The van der Waals surface area contributed by atoms with E-state index in [0.29, 0.717) is 5.92 Å². The van der Waals surface area contributed by atoms with Crippen molar-refractivity contribution in [3.8, 4) is 0 Å². The Balaban J connectivity index is 2.13. The molecule has 2 aromatic rings. The van der Waals surface area contributed by atoms with Crippen molar-refractivity contribution in [2.24, 2.45) is 11.8 Å². The van der Waals surface area contributed by atoms with Crippen LogP contribution in [0.2, 0.25) is 0 Å². The molecule has 0 heterocycles. The Kier molecular flexibility index (Phi) is 3.48. The molecule has 102 valence electrons. The zero-order valence-corrected chi connectivity index (χ0v) is 12.1. The molecule has 20 heavy (non-hydrogen) atoms. The molecule has 0 spiro atoms. The SMILES string of the molecule is C=CC[C@@H]1[C@H](CC)C1(c1ccccc1)c1ccccc1. The first-order valence-electron chi connectivity index (χ1n) is 7.57. The fourth-order valence-electron chi connectivity index (χ4n) is 4.13. The smallest absolute Gasteiger partial charge is 0.0268 e. The van der Waals surface area contributed by atoms with Crippen molar-refractivity contribution in [3.63, 3.8) is 0 Å². The van der Waals surface area contributed by atoms with Crippen LogP contribution in [0.15, 0.2) is 73.3 Å². The van der Waals surface area contributed by atoms with Crippen LogP contribution in [0.4, 0.5) is 0 Å². The second kappa shape index (κ2) is 5.28. The van der Waals surface area contributed by atoms with E-state index in [1.165, 1.54) is 17.5 Å². The lowest BCUT2D eigenvalue weighted by molar-refractivity contribution is 0.673. The third-order valence-corrected chi connectivity index (χ3v) is 4.91. The summed E-state index contributed by atoms with van der Waals surface area (Å²) in [5, 5.41) is 0. The van der Waals surface area contributed by atoms with Gasteiger partial charge in [0.15, 0.2) is 0 Å². The topological polar surface area (TPSA) is 0 Å². The molecule has 0 amide bonds. The molecule has 2 atom stereocenters. The van der Waals surface area contributed by atoms with Crippen molar-refractivity contribution in [2.45, 2.75) is 25.2 Å². The average molecular weight is 262 g/mol. The standard InChI is InChI=1S/C20H22/c1-3-11-19-18(4-2)20(19,16-12-7-5-8-13-16)17-14-9-6-10-15-17/h3,5-10,12-15,18-19H,1,4,11H2,2H3/t18-,19+/m0/s1. The first kappa shape index (κ1) is 13.2. The van der Waals surface area contributed by atoms with Gasteiger partial charge < -0.3 is 0 Å². The molecule has 3 rings (SSSR count). The van der Waals surface area contributed by atoms with Crippen LogP contribution in [0.5, 0.6) is 0 Å².